The molecule has 11 heteroatoms. The summed E-state index contributed by atoms with van der Waals surface area (Å²) in [5.41, 5.74) is 1.11. The zero-order chi connectivity index (χ0) is 29.2. The second kappa shape index (κ2) is 11.4. The number of aliphatic carboxylic acids is 1. The van der Waals surface area contributed by atoms with Crippen LogP contribution in [0.3, 0.4) is 0 Å². The number of ether oxygens (including phenoxy) is 2. The van der Waals surface area contributed by atoms with Crippen LogP contribution in [0.1, 0.15) is 42.6 Å². The van der Waals surface area contributed by atoms with Gasteiger partial charge in [-0.3, -0.25) is 9.78 Å². The van der Waals surface area contributed by atoms with E-state index in [0.29, 0.717) is 50.8 Å². The first kappa shape index (κ1) is 29.9. The molecule has 0 saturated heterocycles. The van der Waals surface area contributed by atoms with Gasteiger partial charge >= 0.3 is 29.6 Å². The number of nitrogens with zero attached hydrogens (tertiary/aromatic N) is 3. The van der Waals surface area contributed by atoms with Crippen LogP contribution in [0, 0.1) is 23.7 Å². The van der Waals surface area contributed by atoms with Crippen LogP contribution >= 0.6 is 11.6 Å². The number of pyridine rings is 1. The number of amides is 1. The fourth-order valence-electron chi connectivity index (χ4n) is 8.02. The van der Waals surface area contributed by atoms with E-state index < -0.39 is 17.4 Å². The van der Waals surface area contributed by atoms with Gasteiger partial charge in [-0.1, -0.05) is 17.7 Å². The Bertz CT molecular complexity index is 1690. The van der Waals surface area contributed by atoms with Crippen LogP contribution in [-0.4, -0.2) is 46.4 Å². The Morgan fingerprint density at radius 3 is 2.23 bits per heavy atom. The molecule has 1 amide bonds. The standard InChI is InChI=1S/C32H31ClN4O5.Na/c1-41-27-4-3-5-28(42-2)29(27)26-16-24(36-37(26)25-8-9-34-23-15-21(33)6-7-22(23)25)30(38)35-32(31(39)40)19-11-17-10-18(13-19)14-20(32)12-17;/h3-9,15-20H,10-14H2,1-2H3,(H,35,38)(H,39,40);/q;+1/p-1. The molecule has 4 aliphatic rings. The molecule has 0 aliphatic heterocycles. The predicted octanol–water partition coefficient (Wildman–Crippen LogP) is 1.44. The molecule has 0 spiro atoms. The molecule has 2 heterocycles. The maximum atomic E-state index is 14.0. The number of rotatable bonds is 7. The van der Waals surface area contributed by atoms with E-state index >= 15 is 0 Å². The van der Waals surface area contributed by atoms with E-state index in [0.717, 1.165) is 37.5 Å². The summed E-state index contributed by atoms with van der Waals surface area (Å²) in [6, 6.07) is 14.3. The Morgan fingerprint density at radius 2 is 1.63 bits per heavy atom. The third-order valence-electron chi connectivity index (χ3n) is 9.62. The number of carbonyl (C=O) groups is 2. The van der Waals surface area contributed by atoms with Gasteiger partial charge in [0, 0.05) is 16.6 Å². The van der Waals surface area contributed by atoms with E-state index in [9.17, 15) is 14.7 Å². The molecule has 8 rings (SSSR count). The van der Waals surface area contributed by atoms with E-state index in [4.69, 9.17) is 26.2 Å². The molecule has 0 radical (unpaired) electrons. The van der Waals surface area contributed by atoms with Crippen molar-refractivity contribution in [2.45, 2.75) is 37.6 Å². The number of carboxylic acids is 1. The van der Waals surface area contributed by atoms with Crippen molar-refractivity contribution in [3.05, 3.63) is 65.4 Å². The van der Waals surface area contributed by atoms with E-state index in [1.165, 1.54) is 0 Å². The van der Waals surface area contributed by atoms with Crippen molar-refractivity contribution in [1.29, 1.82) is 0 Å². The van der Waals surface area contributed by atoms with Gasteiger partial charge in [-0.05, 0) is 98.2 Å². The number of methoxy groups -OCH3 is 2. The summed E-state index contributed by atoms with van der Waals surface area (Å²) in [6.45, 7) is 0. The number of carboxylic acid groups (broad SMARTS) is 1. The summed E-state index contributed by atoms with van der Waals surface area (Å²) < 4.78 is 13.1. The van der Waals surface area contributed by atoms with Crippen molar-refractivity contribution in [2.75, 3.05) is 14.2 Å². The maximum absolute atomic E-state index is 14.0. The Kier molecular flexibility index (Phi) is 7.96. The molecule has 2 aromatic heterocycles. The van der Waals surface area contributed by atoms with Gasteiger partial charge in [0.15, 0.2) is 5.69 Å². The number of benzene rings is 2. The first-order valence-electron chi connectivity index (χ1n) is 14.2. The number of hydrogen-bond acceptors (Lipinski definition) is 7. The van der Waals surface area contributed by atoms with Gasteiger partial charge in [-0.2, -0.15) is 5.10 Å². The van der Waals surface area contributed by atoms with Crippen molar-refractivity contribution in [3.8, 4) is 28.4 Å². The molecule has 0 atom stereocenters. The molecular formula is C32H30ClN4NaO5. The van der Waals surface area contributed by atoms with Crippen molar-refractivity contribution in [2.24, 2.45) is 23.7 Å². The molecule has 9 nitrogen and oxygen atoms in total. The molecule has 1 N–H and O–H groups in total. The Hall–Kier alpha value is -3.11. The first-order valence-corrected chi connectivity index (χ1v) is 14.6. The summed E-state index contributed by atoms with van der Waals surface area (Å²) in [4.78, 5) is 31.3. The van der Waals surface area contributed by atoms with Crippen LogP contribution in [0.2, 0.25) is 5.02 Å². The average molecular weight is 609 g/mol. The van der Waals surface area contributed by atoms with Gasteiger partial charge in [0.1, 0.15) is 11.5 Å². The second-order valence-corrected chi connectivity index (χ2v) is 12.2. The summed E-state index contributed by atoms with van der Waals surface area (Å²) >= 11 is 6.25. The van der Waals surface area contributed by atoms with Crippen LogP contribution in [0.5, 0.6) is 11.5 Å². The summed E-state index contributed by atoms with van der Waals surface area (Å²) in [5.74, 6) is 0.0464. The van der Waals surface area contributed by atoms with Gasteiger partial charge in [0.2, 0.25) is 0 Å². The summed E-state index contributed by atoms with van der Waals surface area (Å²) in [7, 11) is 3.12. The van der Waals surface area contributed by atoms with Gasteiger partial charge in [-0.25, -0.2) is 4.68 Å². The minimum atomic E-state index is -1.41. The van der Waals surface area contributed by atoms with Gasteiger partial charge in [-0.15, -0.1) is 0 Å². The van der Waals surface area contributed by atoms with E-state index in [1.807, 2.05) is 12.1 Å². The zero-order valence-electron chi connectivity index (χ0n) is 24.3. The van der Waals surface area contributed by atoms with Crippen molar-refractivity contribution in [3.63, 3.8) is 0 Å². The molecular weight excluding hydrogens is 579 g/mol. The third kappa shape index (κ3) is 4.81. The fraction of sp³-hybridized carbons (Fsp3) is 0.375. The van der Waals surface area contributed by atoms with E-state index in [-0.39, 0.29) is 47.1 Å². The largest absolute Gasteiger partial charge is 1.00 e. The SMILES string of the molecule is COc1cccc(OC)c1-c1cc(C(=O)NC2(C(=O)[O-])C3CC4CC(C3)CC2C4)nn1-c1ccnc2cc(Cl)ccc12.[Na+]. The number of hydrogen-bond donors (Lipinski definition) is 1. The molecule has 4 bridgehead atoms. The van der Waals surface area contributed by atoms with Crippen molar-refractivity contribution in [1.82, 2.24) is 20.1 Å². The monoisotopic (exact) mass is 608 g/mol. The molecule has 4 fully saturated rings. The van der Waals surface area contributed by atoms with Crippen LogP contribution in [0.4, 0.5) is 0 Å². The third-order valence-corrected chi connectivity index (χ3v) is 9.86. The molecule has 216 valence electrons. The molecule has 2 aromatic carbocycles. The van der Waals surface area contributed by atoms with Gasteiger partial charge < -0.3 is 24.7 Å². The van der Waals surface area contributed by atoms with Crippen molar-refractivity contribution < 1.29 is 53.7 Å². The maximum Gasteiger partial charge on any atom is 1.00 e. The molecule has 4 aromatic rings. The molecule has 4 aliphatic carbocycles. The Balaban J connectivity index is 0.00000329. The minimum Gasteiger partial charge on any atom is -0.548 e. The summed E-state index contributed by atoms with van der Waals surface area (Å²) in [5, 5.41) is 21.9. The topological polar surface area (TPSA) is 118 Å². The smallest absolute Gasteiger partial charge is 0.548 e. The predicted molar refractivity (Wildman–Crippen MR) is 155 cm³/mol. The van der Waals surface area contributed by atoms with Crippen LogP contribution in [0.25, 0.3) is 27.8 Å². The second-order valence-electron chi connectivity index (χ2n) is 11.8. The number of aromatic nitrogens is 3. The van der Waals surface area contributed by atoms with Crippen LogP contribution < -0.4 is 49.5 Å². The molecule has 43 heavy (non-hydrogen) atoms. The number of nitrogens with one attached hydrogen (secondary N) is 1. The number of carbonyl (C=O) groups excluding carboxylic acids is 2. The number of halogens is 1. The molecule has 0 unspecified atom stereocenters. The Morgan fingerprint density at radius 1 is 0.977 bits per heavy atom. The summed E-state index contributed by atoms with van der Waals surface area (Å²) in [6.07, 6.45) is 5.99. The van der Waals surface area contributed by atoms with Crippen molar-refractivity contribution >= 4 is 34.4 Å². The normalized spacial score (nSPS) is 25.3. The zero-order valence-corrected chi connectivity index (χ0v) is 27.1. The first-order chi connectivity index (χ1) is 20.3. The Labute approximate surface area is 276 Å². The number of fused-ring (bicyclic) bond motifs is 1. The van der Waals surface area contributed by atoms with Gasteiger partial charge in [0.25, 0.3) is 5.91 Å². The average Bonchev–Trinajstić information content (AvgIpc) is 3.42. The molecule has 4 saturated carbocycles. The van der Waals surface area contributed by atoms with E-state index in [2.05, 4.69) is 10.3 Å². The minimum absolute atomic E-state index is 0. The van der Waals surface area contributed by atoms with Crippen LogP contribution in [-0.2, 0) is 4.79 Å². The van der Waals surface area contributed by atoms with Gasteiger partial charge in [0.05, 0.1) is 48.2 Å². The van der Waals surface area contributed by atoms with Crippen LogP contribution in [0.15, 0.2) is 54.7 Å². The van der Waals surface area contributed by atoms with E-state index in [1.54, 1.807) is 61.5 Å². The quantitative estimate of drug-likeness (QED) is 0.316. The fourth-order valence-corrected chi connectivity index (χ4v) is 8.18.